The summed E-state index contributed by atoms with van der Waals surface area (Å²) in [7, 11) is 4.07. The van der Waals surface area contributed by atoms with Crippen LogP contribution in [0.15, 0.2) is 24.3 Å². The van der Waals surface area contributed by atoms with Crippen LogP contribution < -0.4 is 0 Å². The zero-order chi connectivity index (χ0) is 21.8. The first kappa shape index (κ1) is 22.0. The van der Waals surface area contributed by atoms with Crippen LogP contribution in [-0.4, -0.2) is 77.6 Å². The fourth-order valence-electron chi connectivity index (χ4n) is 4.87. The molecule has 1 atom stereocenters. The number of nitrogens with zero attached hydrogens (tertiary/aromatic N) is 4. The quantitative estimate of drug-likeness (QED) is 0.704. The summed E-state index contributed by atoms with van der Waals surface area (Å²) >= 11 is 0. The molecule has 1 N–H and O–H groups in total. The summed E-state index contributed by atoms with van der Waals surface area (Å²) in [6, 6.07) is 7.02. The zero-order valence-corrected chi connectivity index (χ0v) is 18.7. The van der Waals surface area contributed by atoms with E-state index < -0.39 is 0 Å². The fourth-order valence-corrected chi connectivity index (χ4v) is 4.87. The Balaban J connectivity index is 1.43. The van der Waals surface area contributed by atoms with E-state index in [4.69, 9.17) is 0 Å². The molecule has 0 spiro atoms. The number of carbonyl (C=O) groups is 1. The van der Waals surface area contributed by atoms with Crippen LogP contribution in [0, 0.1) is 11.7 Å². The minimum absolute atomic E-state index is 0.0486. The van der Waals surface area contributed by atoms with Gasteiger partial charge in [-0.25, -0.2) is 4.39 Å². The first-order chi connectivity index (χ1) is 15.0. The number of aromatic nitrogens is 2. The number of amides is 1. The Morgan fingerprint density at radius 1 is 1.23 bits per heavy atom. The Morgan fingerprint density at radius 3 is 2.87 bits per heavy atom. The smallest absolute Gasteiger partial charge is 0.274 e. The van der Waals surface area contributed by atoms with Crippen molar-refractivity contribution in [2.24, 2.45) is 5.92 Å². The maximum absolute atomic E-state index is 14.1. The predicted molar refractivity (Wildman–Crippen MR) is 119 cm³/mol. The summed E-state index contributed by atoms with van der Waals surface area (Å²) in [6.45, 7) is 4.73. The molecule has 1 aromatic heterocycles. The van der Waals surface area contributed by atoms with Crippen LogP contribution in [0.5, 0.6) is 0 Å². The van der Waals surface area contributed by atoms with Crippen LogP contribution in [0.2, 0.25) is 0 Å². The Kier molecular flexibility index (Phi) is 7.02. The third kappa shape index (κ3) is 5.33. The topological polar surface area (TPSA) is 55.5 Å². The average Bonchev–Trinajstić information content (AvgIpc) is 3.36. The third-order valence-electron chi connectivity index (χ3n) is 6.55. The maximum Gasteiger partial charge on any atom is 0.274 e. The number of hydrogen-bond donors (Lipinski definition) is 1. The van der Waals surface area contributed by atoms with Gasteiger partial charge in [0, 0.05) is 49.5 Å². The van der Waals surface area contributed by atoms with E-state index in [-0.39, 0.29) is 11.7 Å². The van der Waals surface area contributed by atoms with Gasteiger partial charge in [0.25, 0.3) is 5.91 Å². The number of nitrogens with one attached hydrogen (secondary N) is 1. The molecule has 4 rings (SSSR count). The zero-order valence-electron chi connectivity index (χ0n) is 18.7. The van der Waals surface area contributed by atoms with Crippen molar-refractivity contribution in [3.8, 4) is 0 Å². The third-order valence-corrected chi connectivity index (χ3v) is 6.55. The van der Waals surface area contributed by atoms with Crippen molar-refractivity contribution < 1.29 is 9.18 Å². The van der Waals surface area contributed by atoms with Crippen LogP contribution in [0.25, 0.3) is 0 Å². The summed E-state index contributed by atoms with van der Waals surface area (Å²) in [5, 5.41) is 7.46. The second-order valence-electron chi connectivity index (χ2n) is 9.27. The number of hydrogen-bond acceptors (Lipinski definition) is 4. The van der Waals surface area contributed by atoms with Gasteiger partial charge in [0.1, 0.15) is 5.82 Å². The van der Waals surface area contributed by atoms with Crippen LogP contribution in [0.4, 0.5) is 4.39 Å². The van der Waals surface area contributed by atoms with Gasteiger partial charge in [0.05, 0.1) is 0 Å². The molecule has 1 aromatic carbocycles. The Morgan fingerprint density at radius 2 is 2.06 bits per heavy atom. The number of benzene rings is 1. The molecule has 0 saturated carbocycles. The summed E-state index contributed by atoms with van der Waals surface area (Å²) in [5.74, 6) is 0.297. The molecule has 7 heteroatoms. The van der Waals surface area contributed by atoms with Crippen molar-refractivity contribution >= 4 is 5.91 Å². The minimum atomic E-state index is -0.139. The van der Waals surface area contributed by atoms with Gasteiger partial charge in [-0.3, -0.25) is 14.8 Å². The van der Waals surface area contributed by atoms with E-state index in [9.17, 15) is 9.18 Å². The van der Waals surface area contributed by atoms with E-state index in [1.807, 2.05) is 31.1 Å². The van der Waals surface area contributed by atoms with E-state index in [1.54, 1.807) is 6.07 Å². The second kappa shape index (κ2) is 9.92. The number of aromatic amines is 1. The predicted octanol–water partition coefficient (Wildman–Crippen LogP) is 2.95. The Labute approximate surface area is 184 Å². The fraction of sp³-hybridized carbons (Fsp3) is 0.583. The molecule has 1 aliphatic heterocycles. The lowest BCUT2D eigenvalue weighted by atomic mass is 9.96. The highest BCUT2D eigenvalue weighted by Crippen LogP contribution is 2.25. The van der Waals surface area contributed by atoms with Crippen LogP contribution in [0.3, 0.4) is 0 Å². The molecule has 0 unspecified atom stereocenters. The molecule has 1 saturated heterocycles. The molecular formula is C24H34FN5O. The molecule has 0 radical (unpaired) electrons. The van der Waals surface area contributed by atoms with Crippen molar-refractivity contribution in [1.82, 2.24) is 24.9 Å². The SMILES string of the molecule is CN(C)CCN(C[C@H]1CCCN(Cc2ccccc2F)C1)C(=O)c1n[nH]c2c1CCC2. The second-order valence-corrected chi connectivity index (χ2v) is 9.27. The summed E-state index contributed by atoms with van der Waals surface area (Å²) < 4.78 is 14.1. The van der Waals surface area contributed by atoms with Gasteiger partial charge in [-0.15, -0.1) is 0 Å². The molecule has 1 amide bonds. The van der Waals surface area contributed by atoms with Crippen LogP contribution in [-0.2, 0) is 19.4 Å². The first-order valence-corrected chi connectivity index (χ1v) is 11.5. The van der Waals surface area contributed by atoms with Gasteiger partial charge >= 0.3 is 0 Å². The summed E-state index contributed by atoms with van der Waals surface area (Å²) in [6.07, 6.45) is 5.19. The van der Waals surface area contributed by atoms with E-state index in [1.165, 1.54) is 6.07 Å². The van der Waals surface area contributed by atoms with Crippen molar-refractivity contribution in [3.05, 3.63) is 52.6 Å². The molecule has 2 heterocycles. The molecule has 1 aliphatic carbocycles. The lowest BCUT2D eigenvalue weighted by Gasteiger charge is -2.36. The van der Waals surface area contributed by atoms with Crippen LogP contribution >= 0.6 is 0 Å². The molecular weight excluding hydrogens is 393 g/mol. The molecule has 2 aliphatic rings. The number of carbonyl (C=O) groups excluding carboxylic acids is 1. The minimum Gasteiger partial charge on any atom is -0.336 e. The highest BCUT2D eigenvalue weighted by Gasteiger charge is 2.29. The lowest BCUT2D eigenvalue weighted by Crippen LogP contribution is -2.45. The molecule has 6 nitrogen and oxygen atoms in total. The number of H-pyrrole nitrogens is 1. The number of likely N-dealkylation sites (tertiary alicyclic amines) is 1. The molecule has 31 heavy (non-hydrogen) atoms. The van der Waals surface area contributed by atoms with E-state index in [0.717, 1.165) is 75.1 Å². The number of fused-ring (bicyclic) bond motifs is 1. The number of likely N-dealkylation sites (N-methyl/N-ethyl adjacent to an activating group) is 1. The van der Waals surface area contributed by atoms with Gasteiger partial charge < -0.3 is 9.80 Å². The lowest BCUT2D eigenvalue weighted by molar-refractivity contribution is 0.0653. The molecule has 2 aromatic rings. The number of rotatable bonds is 8. The van der Waals surface area contributed by atoms with Gasteiger partial charge in [-0.1, -0.05) is 18.2 Å². The van der Waals surface area contributed by atoms with Gasteiger partial charge in [0.15, 0.2) is 5.69 Å². The highest BCUT2D eigenvalue weighted by molar-refractivity contribution is 5.94. The largest absolute Gasteiger partial charge is 0.336 e. The van der Waals surface area contributed by atoms with Crippen molar-refractivity contribution in [3.63, 3.8) is 0 Å². The van der Waals surface area contributed by atoms with E-state index in [0.29, 0.717) is 24.7 Å². The molecule has 1 fully saturated rings. The number of piperidine rings is 1. The number of halogens is 1. The van der Waals surface area contributed by atoms with E-state index >= 15 is 0 Å². The monoisotopic (exact) mass is 427 g/mol. The Bertz CT molecular complexity index is 896. The van der Waals surface area contributed by atoms with Gasteiger partial charge in [0.2, 0.25) is 0 Å². The highest BCUT2D eigenvalue weighted by atomic mass is 19.1. The van der Waals surface area contributed by atoms with Crippen molar-refractivity contribution in [1.29, 1.82) is 0 Å². The van der Waals surface area contributed by atoms with Crippen LogP contribution in [0.1, 0.15) is 46.6 Å². The van der Waals surface area contributed by atoms with Gasteiger partial charge in [-0.05, 0) is 64.7 Å². The average molecular weight is 428 g/mol. The summed E-state index contributed by atoms with van der Waals surface area (Å²) in [5.41, 5.74) is 3.61. The molecule has 0 bridgehead atoms. The maximum atomic E-state index is 14.1. The van der Waals surface area contributed by atoms with Gasteiger partial charge in [-0.2, -0.15) is 5.10 Å². The summed E-state index contributed by atoms with van der Waals surface area (Å²) in [4.78, 5) is 19.9. The number of aryl methyl sites for hydroxylation is 1. The standard InChI is InChI=1S/C24H34FN5O/c1-28(2)13-14-30(24(31)23-20-9-5-11-22(20)26-27-23)16-18-7-6-12-29(15-18)17-19-8-3-4-10-21(19)25/h3-4,8,10,18H,5-7,9,11-17H2,1-2H3,(H,26,27)/t18-/m0/s1. The van der Waals surface area contributed by atoms with Crippen molar-refractivity contribution in [2.75, 3.05) is 46.8 Å². The normalized spacial score (nSPS) is 19.0. The Hall–Kier alpha value is -2.25. The molecule has 168 valence electrons. The van der Waals surface area contributed by atoms with E-state index in [2.05, 4.69) is 20.0 Å². The first-order valence-electron chi connectivity index (χ1n) is 11.5. The van der Waals surface area contributed by atoms with Crippen molar-refractivity contribution in [2.45, 2.75) is 38.6 Å².